The van der Waals surface area contributed by atoms with Gasteiger partial charge in [0.2, 0.25) is 11.8 Å². The average Bonchev–Trinajstić information content (AvgIpc) is 3.23. The predicted octanol–water partition coefficient (Wildman–Crippen LogP) is 7.41. The molecule has 0 aliphatic carbocycles. The van der Waals surface area contributed by atoms with E-state index in [0.717, 1.165) is 41.1 Å². The van der Waals surface area contributed by atoms with Crippen LogP contribution in [0.2, 0.25) is 0 Å². The fraction of sp³-hybridized carbons (Fsp3) is 0.233. The van der Waals surface area contributed by atoms with Crippen molar-refractivity contribution in [3.8, 4) is 28.4 Å². The van der Waals surface area contributed by atoms with E-state index in [0.29, 0.717) is 43.4 Å². The lowest BCUT2D eigenvalue weighted by Gasteiger charge is -2.36. The van der Waals surface area contributed by atoms with Gasteiger partial charge >= 0.3 is 12.1 Å². The zero-order valence-electron chi connectivity index (χ0n) is 31.3. The number of nitrogens with one attached hydrogen (secondary N) is 1. The third kappa shape index (κ3) is 12.3. The van der Waals surface area contributed by atoms with Gasteiger partial charge in [0.05, 0.1) is 19.3 Å². The van der Waals surface area contributed by atoms with Gasteiger partial charge in [0.15, 0.2) is 5.75 Å². The SMILES string of the molecule is COc1cccc(-c2ccc(CN(C(=O)CCC(=O)NN3CCN(c4ccccc4)CC3)c3ccccc3Oc3cccc(CN)c3)cc2)c1.O=C(O)C(F)(F)F. The number of carboxylic acids is 1. The minimum Gasteiger partial charge on any atom is -0.497 e. The number of benzene rings is 5. The van der Waals surface area contributed by atoms with Crippen molar-refractivity contribution in [1.82, 2.24) is 10.4 Å². The van der Waals surface area contributed by atoms with E-state index < -0.39 is 12.1 Å². The topological polar surface area (TPSA) is 138 Å². The van der Waals surface area contributed by atoms with Crippen LogP contribution in [0, 0.1) is 0 Å². The Balaban J connectivity index is 0.000000811. The molecule has 0 saturated carbocycles. The Morgan fingerprint density at radius 2 is 1.40 bits per heavy atom. The van der Waals surface area contributed by atoms with Crippen LogP contribution in [0.15, 0.2) is 127 Å². The molecule has 1 heterocycles. The Morgan fingerprint density at radius 1 is 0.754 bits per heavy atom. The molecule has 0 bridgehead atoms. The van der Waals surface area contributed by atoms with Gasteiger partial charge in [-0.05, 0) is 70.8 Å². The van der Waals surface area contributed by atoms with Crippen molar-refractivity contribution in [2.45, 2.75) is 32.1 Å². The predicted molar refractivity (Wildman–Crippen MR) is 212 cm³/mol. The number of methoxy groups -OCH3 is 1. The molecule has 1 fully saturated rings. The van der Waals surface area contributed by atoms with Crippen molar-refractivity contribution >= 4 is 29.2 Å². The summed E-state index contributed by atoms with van der Waals surface area (Å²) in [5, 5.41) is 9.06. The number of carbonyl (C=O) groups excluding carboxylic acids is 2. The summed E-state index contributed by atoms with van der Waals surface area (Å²) in [6.45, 7) is 3.69. The number of halogens is 3. The number of piperazine rings is 1. The highest BCUT2D eigenvalue weighted by molar-refractivity contribution is 5.96. The maximum absolute atomic E-state index is 14.0. The number of hydrogen-bond acceptors (Lipinski definition) is 8. The van der Waals surface area contributed by atoms with E-state index in [4.69, 9.17) is 25.1 Å². The highest BCUT2D eigenvalue weighted by atomic mass is 19.4. The minimum absolute atomic E-state index is 0.0364. The van der Waals surface area contributed by atoms with E-state index in [9.17, 15) is 22.8 Å². The summed E-state index contributed by atoms with van der Waals surface area (Å²) in [6.07, 6.45) is -4.99. The Bertz CT molecular complexity index is 2090. The molecule has 0 spiro atoms. The van der Waals surface area contributed by atoms with Crippen molar-refractivity contribution in [1.29, 1.82) is 0 Å². The van der Waals surface area contributed by atoms with Gasteiger partial charge in [-0.15, -0.1) is 0 Å². The first-order valence-corrected chi connectivity index (χ1v) is 18.2. The van der Waals surface area contributed by atoms with Crippen LogP contribution in [-0.2, 0) is 27.5 Å². The lowest BCUT2D eigenvalue weighted by Crippen LogP contribution is -2.53. The maximum atomic E-state index is 14.0. The molecule has 0 unspecified atom stereocenters. The van der Waals surface area contributed by atoms with Crippen molar-refractivity contribution in [3.63, 3.8) is 0 Å². The number of carbonyl (C=O) groups is 3. The van der Waals surface area contributed by atoms with Gasteiger partial charge in [-0.25, -0.2) is 9.80 Å². The monoisotopic (exact) mass is 783 g/mol. The van der Waals surface area contributed by atoms with Crippen LogP contribution >= 0.6 is 0 Å². The molecule has 5 aromatic rings. The second-order valence-corrected chi connectivity index (χ2v) is 13.0. The number of anilines is 2. The molecule has 0 radical (unpaired) electrons. The summed E-state index contributed by atoms with van der Waals surface area (Å²) < 4.78 is 43.5. The lowest BCUT2D eigenvalue weighted by molar-refractivity contribution is -0.192. The number of amides is 2. The Morgan fingerprint density at radius 3 is 2.07 bits per heavy atom. The van der Waals surface area contributed by atoms with Crippen LogP contribution in [-0.4, -0.2) is 67.4 Å². The molecule has 4 N–H and O–H groups in total. The minimum atomic E-state index is -5.08. The summed E-state index contributed by atoms with van der Waals surface area (Å²) >= 11 is 0. The Kier molecular flexibility index (Phi) is 14.6. The third-order valence-electron chi connectivity index (χ3n) is 9.01. The van der Waals surface area contributed by atoms with Crippen LogP contribution in [0.4, 0.5) is 24.5 Å². The van der Waals surface area contributed by atoms with Crippen molar-refractivity contribution in [2.24, 2.45) is 5.73 Å². The van der Waals surface area contributed by atoms with Crippen LogP contribution in [0.3, 0.4) is 0 Å². The molecule has 1 aliphatic heterocycles. The molecule has 1 saturated heterocycles. The standard InChI is InChI=1S/C41H43N5O4.C2HF3O2/c1-49-36-13-8-10-34(28-36)33-19-17-31(18-20-33)30-46(38-15-5-6-16-39(38)50-37-14-7-9-32(27-37)29-42)41(48)22-21-40(47)43-45-25-23-44(24-26-45)35-11-3-2-4-12-35;3-2(4,5)1(6)7/h2-20,27-28H,21-26,29-30,42H2,1H3,(H,43,47);(H,6,7). The summed E-state index contributed by atoms with van der Waals surface area (Å²) in [6, 6.07) is 41.4. The molecule has 57 heavy (non-hydrogen) atoms. The van der Waals surface area contributed by atoms with Crippen LogP contribution in [0.1, 0.15) is 24.0 Å². The fourth-order valence-electron chi connectivity index (χ4n) is 6.03. The zero-order valence-corrected chi connectivity index (χ0v) is 31.3. The molecule has 2 amide bonds. The quantitative estimate of drug-likeness (QED) is 0.112. The van der Waals surface area contributed by atoms with Crippen LogP contribution in [0.5, 0.6) is 17.2 Å². The fourth-order valence-corrected chi connectivity index (χ4v) is 6.03. The number of aliphatic carboxylic acids is 1. The first-order chi connectivity index (χ1) is 27.4. The Hall–Kier alpha value is -6.38. The molecular weight excluding hydrogens is 739 g/mol. The zero-order chi connectivity index (χ0) is 40.8. The van der Waals surface area contributed by atoms with Gasteiger partial charge < -0.3 is 30.1 Å². The second-order valence-electron chi connectivity index (χ2n) is 13.0. The number of ether oxygens (including phenoxy) is 2. The van der Waals surface area contributed by atoms with Crippen molar-refractivity contribution in [2.75, 3.05) is 43.1 Å². The van der Waals surface area contributed by atoms with E-state index in [2.05, 4.69) is 22.5 Å². The average molecular weight is 784 g/mol. The molecule has 11 nitrogen and oxygen atoms in total. The largest absolute Gasteiger partial charge is 0.497 e. The van der Waals surface area contributed by atoms with Gasteiger partial charge in [0, 0.05) is 51.3 Å². The highest BCUT2D eigenvalue weighted by Crippen LogP contribution is 2.34. The van der Waals surface area contributed by atoms with E-state index in [1.807, 2.05) is 120 Å². The number of carboxylic acid groups (broad SMARTS) is 1. The van der Waals surface area contributed by atoms with Gasteiger partial charge in [-0.3, -0.25) is 15.0 Å². The summed E-state index contributed by atoms with van der Waals surface area (Å²) in [5.41, 5.74) is 14.6. The molecule has 5 aromatic carbocycles. The third-order valence-corrected chi connectivity index (χ3v) is 9.01. The molecule has 14 heteroatoms. The Labute approximate surface area is 329 Å². The summed E-state index contributed by atoms with van der Waals surface area (Å²) in [4.78, 5) is 40.0. The molecule has 0 atom stereocenters. The molecular formula is C43H44F3N5O6. The smallest absolute Gasteiger partial charge is 0.490 e. The number of rotatable bonds is 13. The highest BCUT2D eigenvalue weighted by Gasteiger charge is 2.38. The van der Waals surface area contributed by atoms with E-state index >= 15 is 0 Å². The van der Waals surface area contributed by atoms with Crippen LogP contribution < -0.4 is 30.4 Å². The van der Waals surface area contributed by atoms with E-state index in [1.165, 1.54) is 5.69 Å². The molecule has 0 aromatic heterocycles. The van der Waals surface area contributed by atoms with Crippen LogP contribution in [0.25, 0.3) is 11.1 Å². The molecule has 6 rings (SSSR count). The number of alkyl halides is 3. The molecule has 298 valence electrons. The van der Waals surface area contributed by atoms with Crippen molar-refractivity contribution < 1.29 is 42.1 Å². The summed E-state index contributed by atoms with van der Waals surface area (Å²) in [5.74, 6) is -1.18. The number of nitrogens with zero attached hydrogens (tertiary/aromatic N) is 3. The number of nitrogens with two attached hydrogens (primary N) is 1. The first kappa shape index (κ1) is 41.8. The lowest BCUT2D eigenvalue weighted by atomic mass is 10.0. The van der Waals surface area contributed by atoms with Gasteiger partial charge in [-0.1, -0.05) is 78.9 Å². The van der Waals surface area contributed by atoms with E-state index in [-0.39, 0.29) is 24.7 Å². The normalized spacial score (nSPS) is 12.8. The first-order valence-electron chi connectivity index (χ1n) is 18.2. The summed E-state index contributed by atoms with van der Waals surface area (Å²) in [7, 11) is 1.65. The second kappa shape index (κ2) is 20.0. The van der Waals surface area contributed by atoms with Gasteiger partial charge in [0.25, 0.3) is 0 Å². The number of hydrogen-bond donors (Lipinski definition) is 3. The van der Waals surface area contributed by atoms with E-state index in [1.54, 1.807) is 12.0 Å². The maximum Gasteiger partial charge on any atom is 0.490 e. The van der Waals surface area contributed by atoms with Crippen molar-refractivity contribution in [3.05, 3.63) is 139 Å². The van der Waals surface area contributed by atoms with Gasteiger partial charge in [-0.2, -0.15) is 13.2 Å². The number of hydrazine groups is 1. The molecule has 1 aliphatic rings. The number of para-hydroxylation sites is 3. The van der Waals surface area contributed by atoms with Gasteiger partial charge in [0.1, 0.15) is 11.5 Å².